The molecule has 1 aromatic carbocycles. The lowest BCUT2D eigenvalue weighted by atomic mass is 9.92. The summed E-state index contributed by atoms with van der Waals surface area (Å²) in [6.45, 7) is 4.82. The van der Waals surface area contributed by atoms with Crippen molar-refractivity contribution in [3.8, 4) is 5.88 Å². The molecule has 0 unspecified atom stereocenters. The van der Waals surface area contributed by atoms with Gasteiger partial charge >= 0.3 is 6.18 Å². The van der Waals surface area contributed by atoms with Crippen LogP contribution in [-0.2, 0) is 16.6 Å². The molecule has 176 valence electrons. The molecule has 1 aromatic heterocycles. The third-order valence-corrected chi connectivity index (χ3v) is 6.09. The Morgan fingerprint density at radius 3 is 2.38 bits per heavy atom. The molecule has 0 spiro atoms. The fourth-order valence-corrected chi connectivity index (χ4v) is 4.58. The van der Waals surface area contributed by atoms with E-state index in [2.05, 4.69) is 9.88 Å². The van der Waals surface area contributed by atoms with Crippen LogP contribution in [0.3, 0.4) is 0 Å². The molecule has 2 aromatic rings. The molecule has 3 rings (SSSR count). The van der Waals surface area contributed by atoms with E-state index in [9.17, 15) is 21.6 Å². The van der Waals surface area contributed by atoms with Crippen molar-refractivity contribution in [2.45, 2.75) is 44.4 Å². The predicted molar refractivity (Wildman–Crippen MR) is 116 cm³/mol. The first-order chi connectivity index (χ1) is 15.0. The van der Waals surface area contributed by atoms with Crippen LogP contribution >= 0.6 is 0 Å². The molecule has 0 aliphatic carbocycles. The highest BCUT2D eigenvalue weighted by atomic mass is 32.2. The second-order valence-electron chi connectivity index (χ2n) is 7.99. The van der Waals surface area contributed by atoms with Gasteiger partial charge in [0, 0.05) is 24.2 Å². The molecule has 0 saturated carbocycles. The van der Waals surface area contributed by atoms with Gasteiger partial charge in [-0.15, -0.1) is 0 Å². The minimum atomic E-state index is -4.72. The molecule has 2 heterocycles. The third-order valence-electron chi connectivity index (χ3n) is 5.42. The summed E-state index contributed by atoms with van der Waals surface area (Å²) in [5.74, 6) is 0.985. The second-order valence-corrected chi connectivity index (χ2v) is 9.77. The van der Waals surface area contributed by atoms with E-state index >= 15 is 0 Å². The fraction of sp³-hybridized carbons (Fsp3) is 0.500. The molecular weight excluding hydrogens is 443 g/mol. The summed E-state index contributed by atoms with van der Waals surface area (Å²) < 4.78 is 69.8. The third kappa shape index (κ3) is 6.91. The number of aromatic nitrogens is 1. The Hall–Kier alpha value is -2.17. The number of pyridine rings is 1. The van der Waals surface area contributed by atoms with Crippen LogP contribution in [0.25, 0.3) is 0 Å². The zero-order chi connectivity index (χ0) is 23.4. The van der Waals surface area contributed by atoms with E-state index in [0.717, 1.165) is 37.2 Å². The van der Waals surface area contributed by atoms with E-state index in [0.29, 0.717) is 31.2 Å². The number of hydrogen-bond donors (Lipinski definition) is 1. The van der Waals surface area contributed by atoms with Crippen molar-refractivity contribution in [2.24, 2.45) is 0 Å². The molecule has 10 heteroatoms. The van der Waals surface area contributed by atoms with Crippen LogP contribution in [0.4, 0.5) is 13.2 Å². The van der Waals surface area contributed by atoms with Gasteiger partial charge in [0.25, 0.3) is 0 Å². The van der Waals surface area contributed by atoms with E-state index in [1.54, 1.807) is 16.9 Å². The van der Waals surface area contributed by atoms with Gasteiger partial charge in [-0.3, -0.25) is 4.90 Å². The standard InChI is InChI=1S/C22H28F3N3O3S/c1-3-31-20-6-4-5-19(26-20)17-11-13-28(14-12-17)15-16-7-9-18(10-8-16)21(22(23,24)25)27-32(2,29)30/h4-10,17,21,27H,3,11-15H2,1-2H3/t21-/m0/s1. The summed E-state index contributed by atoms with van der Waals surface area (Å²) in [5, 5.41) is 0. The zero-order valence-corrected chi connectivity index (χ0v) is 18.9. The summed E-state index contributed by atoms with van der Waals surface area (Å²) in [5.41, 5.74) is 1.77. The van der Waals surface area contributed by atoms with Crippen molar-refractivity contribution < 1.29 is 26.3 Å². The number of sulfonamides is 1. The van der Waals surface area contributed by atoms with Crippen LogP contribution in [0.15, 0.2) is 42.5 Å². The summed E-state index contributed by atoms with van der Waals surface area (Å²) >= 11 is 0. The number of ether oxygens (including phenoxy) is 1. The SMILES string of the molecule is CCOc1cccc(C2CCN(Cc3ccc([C@H](NS(C)(=O)=O)C(F)(F)F)cc3)CC2)n1. The summed E-state index contributed by atoms with van der Waals surface area (Å²) in [7, 11) is -4.01. The largest absolute Gasteiger partial charge is 0.478 e. The van der Waals surface area contributed by atoms with Gasteiger partial charge in [0.1, 0.15) is 6.04 Å². The number of halogens is 3. The monoisotopic (exact) mass is 471 g/mol. The molecule has 32 heavy (non-hydrogen) atoms. The highest BCUT2D eigenvalue weighted by molar-refractivity contribution is 7.88. The van der Waals surface area contributed by atoms with Crippen molar-refractivity contribution in [1.29, 1.82) is 0 Å². The first kappa shape index (κ1) is 24.5. The van der Waals surface area contributed by atoms with Gasteiger partial charge in [-0.05, 0) is 50.0 Å². The van der Waals surface area contributed by atoms with Gasteiger partial charge in [0.2, 0.25) is 15.9 Å². The Morgan fingerprint density at radius 2 is 1.81 bits per heavy atom. The van der Waals surface area contributed by atoms with Gasteiger partial charge in [-0.1, -0.05) is 30.3 Å². The van der Waals surface area contributed by atoms with Gasteiger partial charge < -0.3 is 4.74 Å². The van der Waals surface area contributed by atoms with E-state index in [1.807, 2.05) is 25.1 Å². The van der Waals surface area contributed by atoms with Crippen molar-refractivity contribution in [3.05, 3.63) is 59.3 Å². The Morgan fingerprint density at radius 1 is 1.16 bits per heavy atom. The molecule has 6 nitrogen and oxygen atoms in total. The van der Waals surface area contributed by atoms with Crippen molar-refractivity contribution >= 4 is 10.0 Å². The summed E-state index contributed by atoms with van der Waals surface area (Å²) in [4.78, 5) is 6.84. The van der Waals surface area contributed by atoms with Crippen LogP contribution in [-0.4, -0.2) is 50.4 Å². The average molecular weight is 472 g/mol. The van der Waals surface area contributed by atoms with Crippen molar-refractivity contribution in [2.75, 3.05) is 26.0 Å². The molecule has 1 N–H and O–H groups in total. The maximum Gasteiger partial charge on any atom is 0.408 e. The molecular formula is C22H28F3N3O3S. The van der Waals surface area contributed by atoms with Crippen molar-refractivity contribution in [3.63, 3.8) is 0 Å². The number of hydrogen-bond acceptors (Lipinski definition) is 5. The maximum absolute atomic E-state index is 13.3. The lowest BCUT2D eigenvalue weighted by Crippen LogP contribution is -2.37. The molecule has 1 aliphatic rings. The van der Waals surface area contributed by atoms with E-state index in [4.69, 9.17) is 4.74 Å². The van der Waals surface area contributed by atoms with Gasteiger partial charge in [-0.25, -0.2) is 13.4 Å². The molecule has 1 saturated heterocycles. The number of likely N-dealkylation sites (tertiary alicyclic amines) is 1. The van der Waals surface area contributed by atoms with Gasteiger partial charge in [0.05, 0.1) is 12.9 Å². The fourth-order valence-electron chi connectivity index (χ4n) is 3.88. The van der Waals surface area contributed by atoms with E-state index in [-0.39, 0.29) is 5.56 Å². The Kier molecular flexibility index (Phi) is 7.79. The highest BCUT2D eigenvalue weighted by Crippen LogP contribution is 2.34. The molecule has 0 bridgehead atoms. The number of benzene rings is 1. The lowest BCUT2D eigenvalue weighted by Gasteiger charge is -2.32. The average Bonchev–Trinajstić information content (AvgIpc) is 2.72. The normalized spacial score (nSPS) is 17.3. The molecule has 1 atom stereocenters. The Bertz CT molecular complexity index is 989. The topological polar surface area (TPSA) is 71.5 Å². The number of nitrogens with one attached hydrogen (secondary N) is 1. The van der Waals surface area contributed by atoms with Crippen LogP contribution in [0.5, 0.6) is 5.88 Å². The zero-order valence-electron chi connectivity index (χ0n) is 18.1. The van der Waals surface area contributed by atoms with Crippen LogP contribution < -0.4 is 9.46 Å². The Balaban J connectivity index is 1.59. The molecule has 0 radical (unpaired) electrons. The predicted octanol–water partition coefficient (Wildman–Crippen LogP) is 4.01. The van der Waals surface area contributed by atoms with E-state index < -0.39 is 22.2 Å². The van der Waals surface area contributed by atoms with Crippen LogP contribution in [0.1, 0.15) is 48.5 Å². The van der Waals surface area contributed by atoms with E-state index in [1.165, 1.54) is 12.1 Å². The molecule has 0 amide bonds. The minimum Gasteiger partial charge on any atom is -0.478 e. The number of nitrogens with zero attached hydrogens (tertiary/aromatic N) is 2. The van der Waals surface area contributed by atoms with Crippen LogP contribution in [0.2, 0.25) is 0 Å². The van der Waals surface area contributed by atoms with Crippen molar-refractivity contribution in [1.82, 2.24) is 14.6 Å². The van der Waals surface area contributed by atoms with Gasteiger partial charge in [-0.2, -0.15) is 17.9 Å². The molecule has 1 aliphatic heterocycles. The molecule has 1 fully saturated rings. The highest BCUT2D eigenvalue weighted by Gasteiger charge is 2.42. The Labute approximate surface area is 186 Å². The quantitative estimate of drug-likeness (QED) is 0.630. The summed E-state index contributed by atoms with van der Waals surface area (Å²) in [6, 6.07) is 9.47. The smallest absolute Gasteiger partial charge is 0.408 e. The maximum atomic E-state index is 13.3. The van der Waals surface area contributed by atoms with Gasteiger partial charge in [0.15, 0.2) is 0 Å². The summed E-state index contributed by atoms with van der Waals surface area (Å²) in [6.07, 6.45) is -2.13. The lowest BCUT2D eigenvalue weighted by molar-refractivity contribution is -0.153. The minimum absolute atomic E-state index is 0.134. The number of piperidine rings is 1. The second kappa shape index (κ2) is 10.2. The number of alkyl halides is 3. The first-order valence-corrected chi connectivity index (χ1v) is 12.4. The van der Waals surface area contributed by atoms with Crippen LogP contribution in [0, 0.1) is 0 Å². The first-order valence-electron chi connectivity index (χ1n) is 10.5. The number of rotatable bonds is 8.